The molecule has 6 heteroatoms. The molecule has 0 saturated carbocycles. The van der Waals surface area contributed by atoms with Gasteiger partial charge >= 0.3 is 0 Å². The van der Waals surface area contributed by atoms with Crippen LogP contribution in [0.1, 0.15) is 25.0 Å². The van der Waals surface area contributed by atoms with Crippen LogP contribution in [0.2, 0.25) is 0 Å². The highest BCUT2D eigenvalue weighted by Gasteiger charge is 2.15. The minimum atomic E-state index is 0.116. The summed E-state index contributed by atoms with van der Waals surface area (Å²) in [5.41, 5.74) is 2.44. The number of methoxy groups -OCH3 is 1. The molecular formula is C23H33N3O3. The standard InChI is InChI=1S/C23H33N3O3/c1-19(2)29-22-7-6-20(15-23(22)27-3)17-26(18-21-5-4-8-24-16-21)10-9-25-11-13-28-14-12-25/h4-8,15-16,19H,9-14,17-18H2,1-3H3. The molecule has 3 rings (SSSR count). The van der Waals surface area contributed by atoms with Gasteiger partial charge in [0, 0.05) is 51.7 Å². The molecule has 0 spiro atoms. The van der Waals surface area contributed by atoms with Crippen LogP contribution in [0.4, 0.5) is 0 Å². The minimum absolute atomic E-state index is 0.116. The summed E-state index contributed by atoms with van der Waals surface area (Å²) in [5, 5.41) is 0. The summed E-state index contributed by atoms with van der Waals surface area (Å²) >= 11 is 0. The predicted molar refractivity (Wildman–Crippen MR) is 114 cm³/mol. The summed E-state index contributed by atoms with van der Waals surface area (Å²) in [4.78, 5) is 9.21. The maximum absolute atomic E-state index is 5.85. The number of morpholine rings is 1. The molecule has 158 valence electrons. The lowest BCUT2D eigenvalue weighted by molar-refractivity contribution is 0.0325. The van der Waals surface area contributed by atoms with Crippen molar-refractivity contribution in [3.63, 3.8) is 0 Å². The maximum atomic E-state index is 5.85. The second kappa shape index (κ2) is 11.1. The third kappa shape index (κ3) is 6.99. The summed E-state index contributed by atoms with van der Waals surface area (Å²) in [5.74, 6) is 1.57. The molecule has 0 aliphatic carbocycles. The Bertz CT molecular complexity index is 733. The van der Waals surface area contributed by atoms with Gasteiger partial charge in [-0.05, 0) is 43.2 Å². The minimum Gasteiger partial charge on any atom is -0.493 e. The third-order valence-corrected chi connectivity index (χ3v) is 4.96. The van der Waals surface area contributed by atoms with E-state index in [9.17, 15) is 0 Å². The summed E-state index contributed by atoms with van der Waals surface area (Å²) in [6, 6.07) is 10.4. The van der Waals surface area contributed by atoms with E-state index in [4.69, 9.17) is 14.2 Å². The molecule has 0 unspecified atom stereocenters. The zero-order valence-electron chi connectivity index (χ0n) is 17.8. The summed E-state index contributed by atoms with van der Waals surface area (Å²) < 4.78 is 16.9. The first-order chi connectivity index (χ1) is 14.1. The highest BCUT2D eigenvalue weighted by molar-refractivity contribution is 5.43. The van der Waals surface area contributed by atoms with Crippen molar-refractivity contribution in [1.82, 2.24) is 14.8 Å². The van der Waals surface area contributed by atoms with Crippen LogP contribution in [0, 0.1) is 0 Å². The van der Waals surface area contributed by atoms with Crippen molar-refractivity contribution in [3.05, 3.63) is 53.9 Å². The third-order valence-electron chi connectivity index (χ3n) is 4.96. The quantitative estimate of drug-likeness (QED) is 0.611. The number of nitrogens with zero attached hydrogens (tertiary/aromatic N) is 3. The van der Waals surface area contributed by atoms with Crippen LogP contribution in [-0.2, 0) is 17.8 Å². The van der Waals surface area contributed by atoms with Gasteiger partial charge in [0.2, 0.25) is 0 Å². The van der Waals surface area contributed by atoms with Gasteiger partial charge in [-0.25, -0.2) is 0 Å². The van der Waals surface area contributed by atoms with E-state index in [1.54, 1.807) is 7.11 Å². The average molecular weight is 400 g/mol. The first-order valence-electron chi connectivity index (χ1n) is 10.4. The molecule has 1 saturated heterocycles. The molecule has 1 aromatic carbocycles. The van der Waals surface area contributed by atoms with E-state index < -0.39 is 0 Å². The van der Waals surface area contributed by atoms with Gasteiger partial charge in [0.15, 0.2) is 11.5 Å². The molecule has 0 N–H and O–H groups in total. The number of hydrogen-bond donors (Lipinski definition) is 0. The van der Waals surface area contributed by atoms with Crippen LogP contribution in [0.25, 0.3) is 0 Å². The normalized spacial score (nSPS) is 15.1. The molecule has 0 amide bonds. The molecule has 1 aromatic heterocycles. The van der Waals surface area contributed by atoms with Crippen molar-refractivity contribution in [2.75, 3.05) is 46.5 Å². The Labute approximate surface area is 174 Å². The molecule has 6 nitrogen and oxygen atoms in total. The number of ether oxygens (including phenoxy) is 3. The lowest BCUT2D eigenvalue weighted by Gasteiger charge is -2.30. The number of pyridine rings is 1. The number of benzene rings is 1. The zero-order chi connectivity index (χ0) is 20.5. The van der Waals surface area contributed by atoms with Gasteiger partial charge in [0.25, 0.3) is 0 Å². The van der Waals surface area contributed by atoms with E-state index in [1.807, 2.05) is 38.4 Å². The van der Waals surface area contributed by atoms with E-state index in [1.165, 1.54) is 11.1 Å². The second-order valence-electron chi connectivity index (χ2n) is 7.68. The van der Waals surface area contributed by atoms with Gasteiger partial charge in [-0.2, -0.15) is 0 Å². The Kier molecular flexibility index (Phi) is 8.28. The SMILES string of the molecule is COc1cc(CN(CCN2CCOCC2)Cc2cccnc2)ccc1OC(C)C. The molecule has 1 fully saturated rings. The first-order valence-corrected chi connectivity index (χ1v) is 10.4. The van der Waals surface area contributed by atoms with E-state index in [-0.39, 0.29) is 6.10 Å². The molecule has 0 atom stereocenters. The van der Waals surface area contributed by atoms with Crippen LogP contribution in [0.3, 0.4) is 0 Å². The topological polar surface area (TPSA) is 47.1 Å². The van der Waals surface area contributed by atoms with Crippen molar-refractivity contribution >= 4 is 0 Å². The van der Waals surface area contributed by atoms with Crippen molar-refractivity contribution in [3.8, 4) is 11.5 Å². The monoisotopic (exact) mass is 399 g/mol. The first kappa shape index (κ1) is 21.6. The summed E-state index contributed by atoms with van der Waals surface area (Å²) in [6.45, 7) is 11.5. The highest BCUT2D eigenvalue weighted by Crippen LogP contribution is 2.29. The molecule has 1 aliphatic heterocycles. The zero-order valence-corrected chi connectivity index (χ0v) is 17.8. The second-order valence-corrected chi connectivity index (χ2v) is 7.68. The van der Waals surface area contributed by atoms with Crippen LogP contribution >= 0.6 is 0 Å². The number of rotatable bonds is 10. The van der Waals surface area contributed by atoms with E-state index in [0.29, 0.717) is 0 Å². The lowest BCUT2D eigenvalue weighted by Crippen LogP contribution is -2.41. The maximum Gasteiger partial charge on any atom is 0.161 e. The molecule has 0 bridgehead atoms. The van der Waals surface area contributed by atoms with Crippen LogP contribution in [0.15, 0.2) is 42.7 Å². The predicted octanol–water partition coefficient (Wildman–Crippen LogP) is 3.21. The van der Waals surface area contributed by atoms with Gasteiger partial charge in [0.1, 0.15) is 0 Å². The smallest absolute Gasteiger partial charge is 0.161 e. The van der Waals surface area contributed by atoms with Crippen LogP contribution in [0.5, 0.6) is 11.5 Å². The summed E-state index contributed by atoms with van der Waals surface area (Å²) in [7, 11) is 1.69. The van der Waals surface area contributed by atoms with Crippen molar-refractivity contribution in [1.29, 1.82) is 0 Å². The van der Waals surface area contributed by atoms with E-state index in [2.05, 4.69) is 33.0 Å². The van der Waals surface area contributed by atoms with Gasteiger partial charge in [-0.3, -0.25) is 14.8 Å². The number of aromatic nitrogens is 1. The van der Waals surface area contributed by atoms with Crippen molar-refractivity contribution in [2.24, 2.45) is 0 Å². The Morgan fingerprint density at radius 2 is 1.90 bits per heavy atom. The van der Waals surface area contributed by atoms with E-state index in [0.717, 1.165) is 64.0 Å². The fourth-order valence-corrected chi connectivity index (χ4v) is 3.49. The molecule has 1 aliphatic rings. The average Bonchev–Trinajstić information content (AvgIpc) is 2.74. The van der Waals surface area contributed by atoms with Gasteiger partial charge in [-0.1, -0.05) is 12.1 Å². The van der Waals surface area contributed by atoms with Gasteiger partial charge in [0.05, 0.1) is 26.4 Å². The summed E-state index contributed by atoms with van der Waals surface area (Å²) in [6.07, 6.45) is 3.88. The fraction of sp³-hybridized carbons (Fsp3) is 0.522. The Morgan fingerprint density at radius 1 is 1.10 bits per heavy atom. The highest BCUT2D eigenvalue weighted by atomic mass is 16.5. The Morgan fingerprint density at radius 3 is 2.59 bits per heavy atom. The Hall–Kier alpha value is -2.15. The van der Waals surface area contributed by atoms with Crippen molar-refractivity contribution in [2.45, 2.75) is 33.0 Å². The Balaban J connectivity index is 1.69. The molecule has 29 heavy (non-hydrogen) atoms. The fourth-order valence-electron chi connectivity index (χ4n) is 3.49. The van der Waals surface area contributed by atoms with Crippen molar-refractivity contribution < 1.29 is 14.2 Å². The molecule has 2 heterocycles. The van der Waals surface area contributed by atoms with E-state index >= 15 is 0 Å². The molecular weight excluding hydrogens is 366 g/mol. The molecule has 0 radical (unpaired) electrons. The van der Waals surface area contributed by atoms with Gasteiger partial charge < -0.3 is 14.2 Å². The lowest BCUT2D eigenvalue weighted by atomic mass is 10.1. The number of hydrogen-bond acceptors (Lipinski definition) is 6. The van der Waals surface area contributed by atoms with Crippen LogP contribution < -0.4 is 9.47 Å². The van der Waals surface area contributed by atoms with Gasteiger partial charge in [-0.15, -0.1) is 0 Å². The van der Waals surface area contributed by atoms with Crippen LogP contribution in [-0.4, -0.2) is 67.4 Å². The largest absolute Gasteiger partial charge is 0.493 e. The molecule has 2 aromatic rings.